The second-order valence-electron chi connectivity index (χ2n) is 13.3. The van der Waals surface area contributed by atoms with Crippen LogP contribution in [0.5, 0.6) is 5.75 Å². The maximum Gasteiger partial charge on any atom is 0.513 e. The van der Waals surface area contributed by atoms with Crippen LogP contribution in [-0.4, -0.2) is 64.9 Å². The van der Waals surface area contributed by atoms with Gasteiger partial charge in [-0.25, -0.2) is 10.3 Å². The summed E-state index contributed by atoms with van der Waals surface area (Å²) in [6, 6.07) is 11.8. The number of primary amides is 1. The standard InChI is InChI=1S/C33H41BN4O6/c1-19(2)28(37-31(40)41-7)30(39)38-14-8-9-26(38)29-35-17-25(36-29)20-10-12-24-23-13-11-22(15-21(23)18-42-27(24)16-20)34-43-32(3,4)33(5,6)44-34/h10-13,15-17,19,26,28H,8-9,14,18H2,1-7H3,(H,35,36)(H,37,40)/p+1/t26-,28-/m0/s1. The summed E-state index contributed by atoms with van der Waals surface area (Å²) < 4.78 is 23.6. The number of amides is 2. The lowest BCUT2D eigenvalue weighted by Crippen LogP contribution is -2.96. The second-order valence-corrected chi connectivity index (χ2v) is 13.3. The molecule has 6 rings (SSSR count). The van der Waals surface area contributed by atoms with E-state index in [2.05, 4.69) is 68.0 Å². The van der Waals surface area contributed by atoms with Crippen LogP contribution in [0.1, 0.15) is 71.8 Å². The summed E-state index contributed by atoms with van der Waals surface area (Å²) in [5.74, 6) is 1.44. The van der Waals surface area contributed by atoms with Crippen LogP contribution in [-0.2, 0) is 25.4 Å². The van der Waals surface area contributed by atoms with Crippen molar-refractivity contribution in [3.8, 4) is 28.1 Å². The van der Waals surface area contributed by atoms with Gasteiger partial charge in [-0.3, -0.25) is 4.79 Å². The van der Waals surface area contributed by atoms with Crippen LogP contribution in [0.3, 0.4) is 0 Å². The van der Waals surface area contributed by atoms with Gasteiger partial charge in [0.1, 0.15) is 18.2 Å². The fraction of sp³-hybridized carbons (Fsp3) is 0.485. The maximum absolute atomic E-state index is 13.5. The number of hydrogen-bond acceptors (Lipinski definition) is 7. The van der Waals surface area contributed by atoms with Gasteiger partial charge >= 0.3 is 13.2 Å². The molecule has 3 aliphatic rings. The molecule has 3 N–H and O–H groups in total. The molecule has 3 aliphatic heterocycles. The number of nitrogens with two attached hydrogens (primary N) is 1. The van der Waals surface area contributed by atoms with E-state index in [1.165, 1.54) is 12.4 Å². The topological polar surface area (TPSA) is 120 Å². The fourth-order valence-electron chi connectivity index (χ4n) is 6.23. The van der Waals surface area contributed by atoms with Gasteiger partial charge in [0.05, 0.1) is 36.2 Å². The molecule has 0 unspecified atom stereocenters. The zero-order valence-corrected chi connectivity index (χ0v) is 26.6. The number of imidazole rings is 1. The number of hydrogen-bond donors (Lipinski definition) is 2. The Bertz CT molecular complexity index is 1570. The monoisotopic (exact) mass is 601 g/mol. The summed E-state index contributed by atoms with van der Waals surface area (Å²) in [6.45, 7) is 13.2. The number of methoxy groups -OCH3 is 1. The summed E-state index contributed by atoms with van der Waals surface area (Å²) in [4.78, 5) is 35.5. The van der Waals surface area contributed by atoms with Crippen molar-refractivity contribution in [2.75, 3.05) is 13.7 Å². The van der Waals surface area contributed by atoms with Crippen molar-refractivity contribution in [1.82, 2.24) is 14.9 Å². The number of nitrogens with one attached hydrogen (secondary N) is 1. The first-order valence-electron chi connectivity index (χ1n) is 15.4. The Balaban J connectivity index is 1.20. The highest BCUT2D eigenvalue weighted by molar-refractivity contribution is 6.62. The fourth-order valence-corrected chi connectivity index (χ4v) is 6.23. The van der Waals surface area contributed by atoms with E-state index >= 15 is 0 Å². The number of aromatic amines is 1. The molecule has 11 heteroatoms. The smallest absolute Gasteiger partial charge is 0.488 e. The van der Waals surface area contributed by atoms with E-state index in [1.807, 2.05) is 31.0 Å². The van der Waals surface area contributed by atoms with Gasteiger partial charge in [-0.15, -0.1) is 0 Å². The van der Waals surface area contributed by atoms with Crippen molar-refractivity contribution in [2.24, 2.45) is 5.92 Å². The summed E-state index contributed by atoms with van der Waals surface area (Å²) in [5.41, 5.74) is 5.25. The van der Waals surface area contributed by atoms with Gasteiger partial charge < -0.3 is 28.7 Å². The molecule has 1 aromatic heterocycles. The molecule has 44 heavy (non-hydrogen) atoms. The Kier molecular flexibility index (Phi) is 7.84. The third-order valence-corrected chi connectivity index (χ3v) is 9.59. The largest absolute Gasteiger partial charge is 0.513 e. The number of carbonyl (C=O) groups excluding carboxylic acids is 2. The van der Waals surface area contributed by atoms with Gasteiger partial charge in [-0.2, -0.15) is 4.79 Å². The lowest BCUT2D eigenvalue weighted by Gasteiger charge is -2.32. The number of carbonyl (C=O) groups is 2. The molecule has 2 saturated heterocycles. The number of rotatable bonds is 6. The van der Waals surface area contributed by atoms with Crippen LogP contribution < -0.4 is 15.5 Å². The SMILES string of the molecule is COC(=O)[NH2+][C@H](C(=O)N1CCC[C@H]1c1ncc(-c2ccc3c(c2)OCc2cc(B4OC(C)(C)C(C)(C)O4)ccc2-3)[nH]1)C(C)C. The van der Waals surface area contributed by atoms with E-state index in [9.17, 15) is 9.59 Å². The molecular formula is C33H42BN4O6+. The average Bonchev–Trinajstić information content (AvgIpc) is 3.72. The first-order chi connectivity index (χ1) is 20.9. The molecule has 0 saturated carbocycles. The van der Waals surface area contributed by atoms with E-state index in [-0.39, 0.29) is 17.9 Å². The molecular weight excluding hydrogens is 559 g/mol. The molecule has 4 heterocycles. The number of H-pyrrole nitrogens is 1. The third-order valence-electron chi connectivity index (χ3n) is 9.59. The first kappa shape index (κ1) is 30.4. The van der Waals surface area contributed by atoms with E-state index in [1.54, 1.807) is 0 Å². The van der Waals surface area contributed by atoms with Gasteiger partial charge in [0.2, 0.25) is 0 Å². The zero-order chi connectivity index (χ0) is 31.4. The Morgan fingerprint density at radius 3 is 2.52 bits per heavy atom. The van der Waals surface area contributed by atoms with Gasteiger partial charge in [-0.1, -0.05) is 38.1 Å². The van der Waals surface area contributed by atoms with Crippen molar-refractivity contribution < 1.29 is 33.7 Å². The summed E-state index contributed by atoms with van der Waals surface area (Å²) in [5, 5.41) is 1.39. The highest BCUT2D eigenvalue weighted by Crippen LogP contribution is 2.41. The number of fused-ring (bicyclic) bond motifs is 3. The Morgan fingerprint density at radius 1 is 1.09 bits per heavy atom. The van der Waals surface area contributed by atoms with E-state index < -0.39 is 30.5 Å². The van der Waals surface area contributed by atoms with Crippen molar-refractivity contribution in [2.45, 2.75) is 84.3 Å². The van der Waals surface area contributed by atoms with Crippen LogP contribution >= 0.6 is 0 Å². The molecule has 0 spiro atoms. The minimum Gasteiger partial charge on any atom is -0.488 e. The van der Waals surface area contributed by atoms with Crippen molar-refractivity contribution in [3.05, 3.63) is 54.0 Å². The Morgan fingerprint density at radius 2 is 1.82 bits per heavy atom. The summed E-state index contributed by atoms with van der Waals surface area (Å²) in [7, 11) is 0.907. The van der Waals surface area contributed by atoms with Crippen LogP contribution in [0.4, 0.5) is 4.79 Å². The number of ether oxygens (including phenoxy) is 2. The quantitative estimate of drug-likeness (QED) is 0.411. The third kappa shape index (κ3) is 5.42. The van der Waals surface area contributed by atoms with Crippen molar-refractivity contribution >= 4 is 24.6 Å². The number of benzene rings is 2. The number of aromatic nitrogens is 2. The minimum absolute atomic E-state index is 0.0362. The van der Waals surface area contributed by atoms with E-state index in [0.29, 0.717) is 13.2 Å². The maximum atomic E-state index is 13.5. The van der Waals surface area contributed by atoms with E-state index in [0.717, 1.165) is 57.8 Å². The zero-order valence-electron chi connectivity index (χ0n) is 26.6. The van der Waals surface area contributed by atoms with E-state index in [4.69, 9.17) is 18.8 Å². The lowest BCUT2D eigenvalue weighted by molar-refractivity contribution is -0.601. The molecule has 2 atom stereocenters. The molecule has 0 bridgehead atoms. The molecule has 2 amide bonds. The molecule has 2 aromatic carbocycles. The van der Waals surface area contributed by atoms with Crippen LogP contribution in [0.2, 0.25) is 0 Å². The van der Waals surface area contributed by atoms with Gasteiger partial charge in [-0.05, 0) is 69.3 Å². The predicted molar refractivity (Wildman–Crippen MR) is 166 cm³/mol. The van der Waals surface area contributed by atoms with Crippen LogP contribution in [0.15, 0.2) is 42.6 Å². The lowest BCUT2D eigenvalue weighted by atomic mass is 9.77. The minimum atomic E-state index is -0.550. The Labute approximate surface area is 259 Å². The van der Waals surface area contributed by atoms with Crippen LogP contribution in [0, 0.1) is 5.92 Å². The molecule has 232 valence electrons. The molecule has 0 radical (unpaired) electrons. The number of quaternary nitrogens is 1. The Hall–Kier alpha value is -3.67. The summed E-state index contributed by atoms with van der Waals surface area (Å²) in [6.07, 6.45) is 3.00. The molecule has 2 fully saturated rings. The number of likely N-dealkylation sites (tertiary alicyclic amines) is 1. The van der Waals surface area contributed by atoms with Crippen LogP contribution in [0.25, 0.3) is 22.4 Å². The van der Waals surface area contributed by atoms with Crippen molar-refractivity contribution in [1.29, 1.82) is 0 Å². The summed E-state index contributed by atoms with van der Waals surface area (Å²) >= 11 is 0. The molecule has 10 nitrogen and oxygen atoms in total. The van der Waals surface area contributed by atoms with Gasteiger partial charge in [0.25, 0.3) is 5.91 Å². The second kappa shape index (κ2) is 11.4. The highest BCUT2D eigenvalue weighted by atomic mass is 16.7. The normalized spacial score (nSPS) is 20.7. The van der Waals surface area contributed by atoms with Gasteiger partial charge in [0.15, 0.2) is 6.04 Å². The molecule has 0 aliphatic carbocycles. The predicted octanol–water partition coefficient (Wildman–Crippen LogP) is 3.95. The first-order valence-corrected chi connectivity index (χ1v) is 15.4. The van der Waals surface area contributed by atoms with Crippen molar-refractivity contribution in [3.63, 3.8) is 0 Å². The molecule has 3 aromatic rings. The van der Waals surface area contributed by atoms with Gasteiger partial charge in [0, 0.05) is 23.6 Å². The average molecular weight is 602 g/mol. The number of nitrogens with zero attached hydrogens (tertiary/aromatic N) is 2. The highest BCUT2D eigenvalue weighted by Gasteiger charge is 2.51.